The molecule has 1 saturated heterocycles. The van der Waals surface area contributed by atoms with Gasteiger partial charge in [0.2, 0.25) is 0 Å². The Morgan fingerprint density at radius 1 is 1.53 bits per heavy atom. The molecule has 1 unspecified atom stereocenters. The minimum absolute atomic E-state index is 0.387. The number of rotatable bonds is 4. The zero-order valence-electron chi connectivity index (χ0n) is 10.3. The third-order valence-corrected chi connectivity index (χ3v) is 2.58. The van der Waals surface area contributed by atoms with Crippen molar-refractivity contribution in [1.82, 2.24) is 10.5 Å². The second-order valence-electron chi connectivity index (χ2n) is 4.15. The summed E-state index contributed by atoms with van der Waals surface area (Å²) in [7, 11) is 0. The Morgan fingerprint density at radius 2 is 2.42 bits per heavy atom. The van der Waals surface area contributed by atoms with Crippen molar-refractivity contribution in [3.8, 4) is 0 Å². The van der Waals surface area contributed by atoms with E-state index in [1.165, 1.54) is 24.4 Å². The van der Waals surface area contributed by atoms with Gasteiger partial charge in [0, 0.05) is 25.3 Å². The topological polar surface area (TPSA) is 60.5 Å². The minimum Gasteiger partial charge on any atom is -0.350 e. The monoisotopic (exact) mass is 266 g/mol. The molecule has 0 radical (unpaired) electrons. The van der Waals surface area contributed by atoms with E-state index in [0.29, 0.717) is 12.2 Å². The number of carbonyl (C=O) groups is 1. The lowest BCUT2D eigenvalue weighted by molar-refractivity contribution is -0.198. The molecule has 0 aromatic carbocycles. The maximum atomic E-state index is 12.8. The number of pyridine rings is 1. The van der Waals surface area contributed by atoms with Crippen LogP contribution in [0.4, 0.5) is 4.39 Å². The van der Waals surface area contributed by atoms with Gasteiger partial charge < -0.3 is 4.74 Å². The van der Waals surface area contributed by atoms with Crippen LogP contribution in [0.5, 0.6) is 0 Å². The highest BCUT2D eigenvalue weighted by molar-refractivity contribution is 5.90. The van der Waals surface area contributed by atoms with E-state index in [0.717, 1.165) is 25.5 Å². The normalized spacial score (nSPS) is 19.5. The standard InChI is InChI=1S/C13H15FN2O3/c14-11-7-10(8-15-9-11)4-5-12(17)16-19-13-3-1-2-6-18-13/h4-5,7-9,13H,1-3,6H2,(H,16,17)/b5-4+. The molecule has 1 amide bonds. The first-order valence-electron chi connectivity index (χ1n) is 6.10. The number of aromatic nitrogens is 1. The summed E-state index contributed by atoms with van der Waals surface area (Å²) in [5.74, 6) is -0.882. The van der Waals surface area contributed by atoms with Crippen molar-refractivity contribution >= 4 is 12.0 Å². The average molecular weight is 266 g/mol. The van der Waals surface area contributed by atoms with Crippen LogP contribution >= 0.6 is 0 Å². The molecule has 0 aliphatic carbocycles. The Bertz CT molecular complexity index is 459. The average Bonchev–Trinajstić information content (AvgIpc) is 2.44. The number of hydrogen-bond donors (Lipinski definition) is 1. The Hall–Kier alpha value is -1.79. The highest BCUT2D eigenvalue weighted by atomic mass is 19.1. The molecule has 1 aliphatic rings. The molecular weight excluding hydrogens is 251 g/mol. The van der Waals surface area contributed by atoms with Crippen molar-refractivity contribution < 1.29 is 18.8 Å². The first-order valence-corrected chi connectivity index (χ1v) is 6.10. The van der Waals surface area contributed by atoms with E-state index in [9.17, 15) is 9.18 Å². The predicted molar refractivity (Wildman–Crippen MR) is 66.0 cm³/mol. The zero-order valence-corrected chi connectivity index (χ0v) is 10.3. The zero-order chi connectivity index (χ0) is 13.5. The van der Waals surface area contributed by atoms with E-state index < -0.39 is 11.7 Å². The molecule has 1 aromatic heterocycles. The first-order chi connectivity index (χ1) is 9.24. The summed E-state index contributed by atoms with van der Waals surface area (Å²) in [5.41, 5.74) is 2.78. The van der Waals surface area contributed by atoms with Crippen molar-refractivity contribution in [2.24, 2.45) is 0 Å². The Morgan fingerprint density at radius 3 is 3.16 bits per heavy atom. The number of nitrogens with zero attached hydrogens (tertiary/aromatic N) is 1. The lowest BCUT2D eigenvalue weighted by Gasteiger charge is -2.21. The summed E-state index contributed by atoms with van der Waals surface area (Å²) in [6.07, 6.45) is 7.67. The van der Waals surface area contributed by atoms with Crippen LogP contribution in [0.15, 0.2) is 24.5 Å². The van der Waals surface area contributed by atoms with Crippen LogP contribution in [-0.4, -0.2) is 23.8 Å². The molecule has 0 bridgehead atoms. The van der Waals surface area contributed by atoms with Gasteiger partial charge in [-0.05, 0) is 30.5 Å². The molecule has 0 spiro atoms. The molecule has 2 rings (SSSR count). The van der Waals surface area contributed by atoms with Crippen LogP contribution < -0.4 is 5.48 Å². The molecule has 102 valence electrons. The number of amides is 1. The maximum absolute atomic E-state index is 12.8. The molecule has 0 saturated carbocycles. The van der Waals surface area contributed by atoms with Crippen molar-refractivity contribution in [3.05, 3.63) is 35.9 Å². The maximum Gasteiger partial charge on any atom is 0.267 e. The van der Waals surface area contributed by atoms with Gasteiger partial charge in [-0.3, -0.25) is 9.78 Å². The van der Waals surface area contributed by atoms with E-state index in [2.05, 4.69) is 10.5 Å². The van der Waals surface area contributed by atoms with Crippen molar-refractivity contribution in [2.45, 2.75) is 25.6 Å². The quantitative estimate of drug-likeness (QED) is 0.667. The van der Waals surface area contributed by atoms with Gasteiger partial charge in [-0.2, -0.15) is 0 Å². The summed E-state index contributed by atoms with van der Waals surface area (Å²) in [6.45, 7) is 0.644. The molecule has 1 atom stereocenters. The lowest BCUT2D eigenvalue weighted by Crippen LogP contribution is -2.32. The smallest absolute Gasteiger partial charge is 0.267 e. The third kappa shape index (κ3) is 4.76. The number of ether oxygens (including phenoxy) is 1. The van der Waals surface area contributed by atoms with Gasteiger partial charge in [0.1, 0.15) is 5.82 Å². The number of carbonyl (C=O) groups excluding carboxylic acids is 1. The number of nitrogens with one attached hydrogen (secondary N) is 1. The van der Waals surface area contributed by atoms with Crippen LogP contribution in [0.25, 0.3) is 6.08 Å². The third-order valence-electron chi connectivity index (χ3n) is 2.58. The fourth-order valence-corrected chi connectivity index (χ4v) is 1.65. The van der Waals surface area contributed by atoms with Gasteiger partial charge in [0.15, 0.2) is 6.29 Å². The second-order valence-corrected chi connectivity index (χ2v) is 4.15. The molecule has 1 aliphatic heterocycles. The van der Waals surface area contributed by atoms with Crippen molar-refractivity contribution in [3.63, 3.8) is 0 Å². The van der Waals surface area contributed by atoms with Crippen molar-refractivity contribution in [1.29, 1.82) is 0 Å². The van der Waals surface area contributed by atoms with Gasteiger partial charge in [0.05, 0.1) is 6.20 Å². The second kappa shape index (κ2) is 6.96. The Labute approximate surface area is 110 Å². The Kier molecular flexibility index (Phi) is 5.00. The molecular formula is C13H15FN2O3. The molecule has 6 heteroatoms. The number of halogens is 1. The highest BCUT2D eigenvalue weighted by Gasteiger charge is 2.14. The molecule has 2 heterocycles. The summed E-state index contributed by atoms with van der Waals surface area (Å²) >= 11 is 0. The lowest BCUT2D eigenvalue weighted by atomic mass is 10.2. The fourth-order valence-electron chi connectivity index (χ4n) is 1.65. The van der Waals surface area contributed by atoms with Crippen LogP contribution in [0.1, 0.15) is 24.8 Å². The summed E-state index contributed by atoms with van der Waals surface area (Å²) in [5, 5.41) is 0. The van der Waals surface area contributed by atoms with E-state index in [1.54, 1.807) is 0 Å². The van der Waals surface area contributed by atoms with Crippen LogP contribution in [0, 0.1) is 5.82 Å². The van der Waals surface area contributed by atoms with Gasteiger partial charge in [0.25, 0.3) is 5.91 Å². The van der Waals surface area contributed by atoms with Crippen LogP contribution in [0.3, 0.4) is 0 Å². The molecule has 5 nitrogen and oxygen atoms in total. The molecule has 1 aromatic rings. The summed E-state index contributed by atoms with van der Waals surface area (Å²) in [4.78, 5) is 20.2. The van der Waals surface area contributed by atoms with E-state index in [4.69, 9.17) is 9.57 Å². The van der Waals surface area contributed by atoms with Gasteiger partial charge in [-0.25, -0.2) is 14.7 Å². The molecule has 19 heavy (non-hydrogen) atoms. The molecule has 1 N–H and O–H groups in total. The van der Waals surface area contributed by atoms with Gasteiger partial charge in [-0.1, -0.05) is 0 Å². The summed E-state index contributed by atoms with van der Waals surface area (Å²) < 4.78 is 18.1. The van der Waals surface area contributed by atoms with E-state index >= 15 is 0 Å². The van der Waals surface area contributed by atoms with Crippen LogP contribution in [-0.2, 0) is 14.4 Å². The summed E-state index contributed by atoms with van der Waals surface area (Å²) in [6, 6.07) is 1.28. The fraction of sp³-hybridized carbons (Fsp3) is 0.385. The SMILES string of the molecule is O=C(/C=C/c1cncc(F)c1)NOC1CCCCO1. The first kappa shape index (κ1) is 13.6. The van der Waals surface area contributed by atoms with Crippen molar-refractivity contribution in [2.75, 3.05) is 6.61 Å². The van der Waals surface area contributed by atoms with E-state index in [1.807, 2.05) is 0 Å². The van der Waals surface area contributed by atoms with E-state index in [-0.39, 0.29) is 6.29 Å². The number of hydrogen-bond acceptors (Lipinski definition) is 4. The number of hydroxylamine groups is 1. The predicted octanol–water partition coefficient (Wildman–Crippen LogP) is 1.81. The van der Waals surface area contributed by atoms with Gasteiger partial charge >= 0.3 is 0 Å². The largest absolute Gasteiger partial charge is 0.350 e. The molecule has 1 fully saturated rings. The van der Waals surface area contributed by atoms with Crippen LogP contribution in [0.2, 0.25) is 0 Å². The van der Waals surface area contributed by atoms with Gasteiger partial charge in [-0.15, -0.1) is 0 Å². The Balaban J connectivity index is 1.77. The highest BCUT2D eigenvalue weighted by Crippen LogP contribution is 2.12. The minimum atomic E-state index is -0.450.